The summed E-state index contributed by atoms with van der Waals surface area (Å²) in [6.45, 7) is 88.2. The van der Waals surface area contributed by atoms with Gasteiger partial charge in [0.1, 0.15) is 0 Å². The van der Waals surface area contributed by atoms with E-state index in [2.05, 4.69) is 100 Å². The first kappa shape index (κ1) is 112. The minimum absolute atomic E-state index is 0.0458. The number of hydrogen-bond donors (Lipinski definition) is 0. The Morgan fingerprint density at radius 1 is 0.306 bits per heavy atom. The number of para-hydroxylation sites is 1. The molecule has 0 atom stereocenters. The van der Waals surface area contributed by atoms with Crippen molar-refractivity contribution in [3.05, 3.63) is 122 Å². The molecule has 0 aliphatic heterocycles. The summed E-state index contributed by atoms with van der Waals surface area (Å²) in [6.07, 6.45) is 7.30. The maximum Gasteiger partial charge on any atom is 0.501 e. The summed E-state index contributed by atoms with van der Waals surface area (Å²) in [7, 11) is 6.85. The Morgan fingerprint density at radius 2 is 0.577 bits per heavy atom. The third-order valence-electron chi connectivity index (χ3n) is 17.5. The summed E-state index contributed by atoms with van der Waals surface area (Å²) in [5.41, 5.74) is 1.14. The first-order valence-electron chi connectivity index (χ1n) is 38.4. The molecule has 30 nitrogen and oxygen atoms in total. The lowest BCUT2D eigenvalue weighted by Gasteiger charge is -2.35. The number of hydrogen-bond acceptors (Lipinski definition) is 22. The molecule has 0 spiro atoms. The molecule has 0 aromatic heterocycles. The second kappa shape index (κ2) is 73.6. The zero-order chi connectivity index (χ0) is 84.5. The van der Waals surface area contributed by atoms with Gasteiger partial charge in [-0.25, -0.2) is 52.6 Å². The van der Waals surface area contributed by atoms with Crippen molar-refractivity contribution in [2.24, 2.45) is 0 Å². The Labute approximate surface area is 678 Å². The van der Waals surface area contributed by atoms with Crippen LogP contribution in [0.1, 0.15) is 107 Å². The fourth-order valence-corrected chi connectivity index (χ4v) is 21.6. The van der Waals surface area contributed by atoms with Gasteiger partial charge in [-0.2, -0.15) is 5.26 Å². The number of nitriles is 1. The third-order valence-corrected chi connectivity index (χ3v) is 32.2. The molecule has 0 N–H and O–H groups in total. The molecule has 1 aromatic carbocycles. The molecule has 0 fully saturated rings. The van der Waals surface area contributed by atoms with Gasteiger partial charge in [0.05, 0.1) is 58.4 Å². The van der Waals surface area contributed by atoms with E-state index >= 15 is 0 Å². The summed E-state index contributed by atoms with van der Waals surface area (Å²) in [6, 6.07) is 16.6. The monoisotopic (exact) mass is 1650 g/mol. The van der Waals surface area contributed by atoms with Crippen LogP contribution in [0.2, 0.25) is 30.2 Å². The van der Waals surface area contributed by atoms with Crippen LogP contribution in [0.4, 0.5) is 5.69 Å². The van der Waals surface area contributed by atoms with Gasteiger partial charge in [-0.3, -0.25) is 24.5 Å². The van der Waals surface area contributed by atoms with E-state index in [9.17, 15) is 0 Å². The lowest BCUT2D eigenvalue weighted by atomic mass is 10.2. The third kappa shape index (κ3) is 56.6. The van der Waals surface area contributed by atoms with Crippen LogP contribution in [-0.2, 0) is 66.4 Å². The number of nitrogens with zero attached hydrogens (tertiary/aromatic N) is 15. The zero-order valence-corrected chi connectivity index (χ0v) is 76.7. The highest BCUT2D eigenvalue weighted by Gasteiger charge is 2.44. The molecular weight excluding hydrogens is 1500 g/mol. The average Bonchev–Trinajstić information content (AvgIpc) is 0.861. The average molecular weight is 1650 g/mol. The highest BCUT2D eigenvalue weighted by molar-refractivity contribution is 6.62. The summed E-state index contributed by atoms with van der Waals surface area (Å²) in [5, 5.41) is 8.78. The van der Waals surface area contributed by atoms with E-state index in [-0.39, 0.29) is 18.3 Å². The van der Waals surface area contributed by atoms with Crippen molar-refractivity contribution in [1.82, 2.24) is 24.5 Å². The van der Waals surface area contributed by atoms with Gasteiger partial charge in [-0.1, -0.05) is 24.6 Å². The Kier molecular flexibility index (Phi) is 74.3. The van der Waals surface area contributed by atoms with E-state index in [1.807, 2.05) is 59.7 Å². The lowest BCUT2D eigenvalue weighted by Crippen LogP contribution is -2.51. The van der Waals surface area contributed by atoms with Crippen molar-refractivity contribution in [2.45, 2.75) is 161 Å². The zero-order valence-electron chi connectivity index (χ0n) is 71.7. The maximum absolute atomic E-state index is 8.78. The standard InChI is InChI=1S/C18H35N3O3Si.C17H31N5O3Si.C15H24N2O3Si.C14H27N3O3Si.C12H26N2O3Si/c1-16(2)22-25(23-17(3)4,24-18(5)6)15-9-12-21(13-10-19-7)14-11-20-8;1-19-9-13-21(11-6-8-18)15-16-22(14-10-20-2)12-7-17-26(23-3,24-4)25-5;1-16-11-13-17(15-9-6-5-7-10-15)12-8-14-21(18-2,19-3)20-4;1-15-9-12-17(13-10-16-2)11-7-6-8-14-21(18-3,19-4)20-5;1-12(2)14(10-8-13-3)9-7-11-18(15-4,16-5)17-6/h16-18H,9-15H2,1-6H3;6-7,9-17H2,3-5H3;5-7,9-10H,8,11-14H2,2-4H3;6-14H2,3-5H3;12H,7-11H2,1-2,4-6H3. The summed E-state index contributed by atoms with van der Waals surface area (Å²) in [5.74, 6) is 0. The first-order chi connectivity index (χ1) is 53.3. The van der Waals surface area contributed by atoms with Crippen molar-refractivity contribution >= 4 is 49.7 Å². The molecule has 0 saturated carbocycles. The maximum atomic E-state index is 8.78. The highest BCUT2D eigenvalue weighted by atomic mass is 28.4. The molecule has 1 rings (SSSR count). The topological polar surface area (TPSA) is 217 Å². The van der Waals surface area contributed by atoms with Crippen LogP contribution in [0.15, 0.2) is 30.3 Å². The predicted molar refractivity (Wildman–Crippen MR) is 451 cm³/mol. The Morgan fingerprint density at radius 3 is 0.883 bits per heavy atom. The van der Waals surface area contributed by atoms with Crippen LogP contribution in [0.25, 0.3) is 38.8 Å². The fourth-order valence-electron chi connectivity index (χ4n) is 11.4. The van der Waals surface area contributed by atoms with Crippen molar-refractivity contribution < 1.29 is 66.4 Å². The van der Waals surface area contributed by atoms with Gasteiger partial charge < -0.3 is 110 Å². The summed E-state index contributed by atoms with van der Waals surface area (Å²) < 4.78 is 83.5. The quantitative estimate of drug-likeness (QED) is 0.0336. The largest absolute Gasteiger partial charge is 0.501 e. The van der Waals surface area contributed by atoms with Crippen LogP contribution in [0.5, 0.6) is 0 Å². The molecule has 0 amide bonds. The minimum Gasteiger partial charge on any atom is -0.377 e. The summed E-state index contributed by atoms with van der Waals surface area (Å²) in [4.78, 5) is 40.6. The van der Waals surface area contributed by atoms with E-state index < -0.39 is 44.0 Å². The molecule has 111 heavy (non-hydrogen) atoms. The second-order valence-electron chi connectivity index (χ2n) is 26.4. The Balaban J connectivity index is -0.000000648. The fraction of sp³-hybridized carbons (Fsp3) is 0.803. The molecule has 0 saturated heterocycles. The Hall–Kier alpha value is -5.29. The van der Waals surface area contributed by atoms with Crippen LogP contribution in [0.3, 0.4) is 0 Å². The molecule has 0 heterocycles. The molecule has 35 heteroatoms. The molecule has 0 unspecified atom stereocenters. The van der Waals surface area contributed by atoms with Gasteiger partial charge in [0, 0.05) is 178 Å². The van der Waals surface area contributed by atoms with Gasteiger partial charge in [0.2, 0.25) is 52.4 Å². The molecule has 632 valence electrons. The van der Waals surface area contributed by atoms with Crippen LogP contribution in [-0.4, -0.2) is 335 Å². The highest BCUT2D eigenvalue weighted by Crippen LogP contribution is 2.25. The summed E-state index contributed by atoms with van der Waals surface area (Å²) >= 11 is 0. The van der Waals surface area contributed by atoms with Crippen molar-refractivity contribution in [1.29, 1.82) is 5.26 Å². The smallest absolute Gasteiger partial charge is 0.377 e. The van der Waals surface area contributed by atoms with Crippen molar-refractivity contribution in [2.75, 3.05) is 247 Å². The van der Waals surface area contributed by atoms with E-state index in [4.69, 9.17) is 124 Å². The lowest BCUT2D eigenvalue weighted by molar-refractivity contribution is 0.00244. The predicted octanol–water partition coefficient (Wildman–Crippen LogP) is 12.1. The Bertz CT molecular complexity index is 2670. The van der Waals surface area contributed by atoms with Gasteiger partial charge in [-0.15, -0.1) is 0 Å². The number of anilines is 1. The van der Waals surface area contributed by atoms with E-state index in [1.165, 1.54) is 0 Å². The van der Waals surface area contributed by atoms with Gasteiger partial charge in [0.25, 0.3) is 0 Å². The van der Waals surface area contributed by atoms with Crippen LogP contribution >= 0.6 is 0 Å². The molecule has 0 bridgehead atoms. The van der Waals surface area contributed by atoms with E-state index in [0.29, 0.717) is 97.5 Å². The molecule has 0 aliphatic carbocycles. The first-order valence-corrected chi connectivity index (χ1v) is 48.1. The molecular formula is C76H143N15O15Si5. The van der Waals surface area contributed by atoms with Gasteiger partial charge in [0.15, 0.2) is 0 Å². The van der Waals surface area contributed by atoms with E-state index in [1.54, 1.807) is 85.3 Å². The van der Waals surface area contributed by atoms with Gasteiger partial charge >= 0.3 is 44.0 Å². The van der Waals surface area contributed by atoms with Gasteiger partial charge in [-0.05, 0) is 132 Å². The van der Waals surface area contributed by atoms with Crippen molar-refractivity contribution in [3.8, 4) is 6.07 Å². The normalized spacial score (nSPS) is 11.6. The molecule has 0 radical (unpaired) electrons. The minimum atomic E-state index is -2.76. The second-order valence-corrected chi connectivity index (χ2v) is 41.3. The SMILES string of the molecule is [C-]#[N+]CCN(CCC#N)CCN(CCC[Si](OC)(OC)OC)CC[N+]#[C-].[C-]#[N+]CCN(CCCCC[Si](OC)(OC)OC)CC[N+]#[C-].[C-]#[N+]CCN(CCC[Si](OC(C)C)(OC(C)C)OC(C)C)CC[N+]#[C-].[C-]#[N+]CCN(CCC[Si](OC)(OC)OC)C(C)C.[C-]#[N+]CCN(CCC[Si](OC)(OC)OC)c1ccccc1. The van der Waals surface area contributed by atoms with Crippen molar-refractivity contribution in [3.63, 3.8) is 0 Å². The van der Waals surface area contributed by atoms with Crippen LogP contribution < -0.4 is 4.90 Å². The van der Waals surface area contributed by atoms with Crippen LogP contribution in [0, 0.1) is 63.9 Å². The number of rotatable bonds is 63. The van der Waals surface area contributed by atoms with E-state index in [0.717, 1.165) is 153 Å². The number of unbranched alkanes of at least 4 members (excludes halogenated alkanes) is 2. The number of benzene rings is 1. The molecule has 1 aromatic rings. The molecule has 0 aliphatic rings.